The molecule has 6 heteroatoms. The van der Waals surface area contributed by atoms with E-state index in [2.05, 4.69) is 0 Å². The molecule has 0 heterocycles. The van der Waals surface area contributed by atoms with Crippen LogP contribution in [0.2, 0.25) is 5.02 Å². The molecule has 0 bridgehead atoms. The highest BCUT2D eigenvalue weighted by molar-refractivity contribution is 6.31. The Bertz CT molecular complexity index is 556. The van der Waals surface area contributed by atoms with Crippen LogP contribution in [0.25, 0.3) is 6.08 Å². The molecule has 1 rings (SSSR count). The van der Waals surface area contributed by atoms with Gasteiger partial charge in [-0.15, -0.1) is 0 Å². The summed E-state index contributed by atoms with van der Waals surface area (Å²) in [6.45, 7) is 4.69. The number of carbonyl (C=O) groups excluding carboxylic acids is 1. The third kappa shape index (κ3) is 5.87. The van der Waals surface area contributed by atoms with E-state index in [4.69, 9.17) is 22.4 Å². The molecule has 0 saturated carbocycles. The predicted octanol–water partition coefficient (Wildman–Crippen LogP) is 2.39. The van der Waals surface area contributed by atoms with Crippen molar-refractivity contribution in [2.75, 3.05) is 18.0 Å². The number of hydrogen-bond donors (Lipinski definition) is 2. The van der Waals surface area contributed by atoms with Gasteiger partial charge in [0.05, 0.1) is 6.54 Å². The van der Waals surface area contributed by atoms with Gasteiger partial charge in [0.1, 0.15) is 0 Å². The number of hydrogen-bond acceptors (Lipinski definition) is 3. The number of carbonyl (C=O) groups is 2. The van der Waals surface area contributed by atoms with E-state index >= 15 is 0 Å². The van der Waals surface area contributed by atoms with Crippen LogP contribution >= 0.6 is 11.6 Å². The van der Waals surface area contributed by atoms with E-state index in [1.807, 2.05) is 13.8 Å². The lowest BCUT2D eigenvalue weighted by atomic mass is 10.1. The zero-order valence-electron chi connectivity index (χ0n) is 12.0. The average Bonchev–Trinajstić information content (AvgIpc) is 2.35. The highest BCUT2D eigenvalue weighted by Crippen LogP contribution is 2.27. The van der Waals surface area contributed by atoms with Gasteiger partial charge in [-0.3, -0.25) is 4.79 Å². The number of carboxylic acid groups (broad SMARTS) is 1. The van der Waals surface area contributed by atoms with Crippen molar-refractivity contribution in [1.82, 2.24) is 0 Å². The van der Waals surface area contributed by atoms with Crippen LogP contribution in [0.5, 0.6) is 0 Å². The third-order valence-electron chi connectivity index (χ3n) is 2.67. The molecule has 0 spiro atoms. The minimum absolute atomic E-state index is 0.0480. The molecular weight excluding hydrogens is 292 g/mol. The summed E-state index contributed by atoms with van der Waals surface area (Å²) in [4.78, 5) is 23.7. The topological polar surface area (TPSA) is 83.6 Å². The second-order valence-electron chi connectivity index (χ2n) is 5.12. The smallest absolute Gasteiger partial charge is 0.328 e. The van der Waals surface area contributed by atoms with Crippen LogP contribution in [0.4, 0.5) is 5.69 Å². The number of nitrogens with zero attached hydrogens (tertiary/aromatic N) is 1. The lowest BCUT2D eigenvalue weighted by molar-refractivity contribution is -0.131. The minimum Gasteiger partial charge on any atom is -0.478 e. The lowest BCUT2D eigenvalue weighted by Crippen LogP contribution is -2.36. The van der Waals surface area contributed by atoms with Crippen molar-refractivity contribution in [3.8, 4) is 0 Å². The SMILES string of the molecule is CC(C)CN(CC(N)=O)c1cc(Cl)ccc1/C=C/C(=O)O. The van der Waals surface area contributed by atoms with Gasteiger partial charge in [-0.25, -0.2) is 4.79 Å². The van der Waals surface area contributed by atoms with Crippen LogP contribution in [-0.4, -0.2) is 30.1 Å². The summed E-state index contributed by atoms with van der Waals surface area (Å²) in [5.41, 5.74) is 6.65. The van der Waals surface area contributed by atoms with Crippen molar-refractivity contribution in [2.45, 2.75) is 13.8 Å². The number of rotatable bonds is 7. The number of carboxylic acids is 1. The van der Waals surface area contributed by atoms with Gasteiger partial charge in [0.15, 0.2) is 0 Å². The number of nitrogens with two attached hydrogens (primary N) is 1. The molecule has 114 valence electrons. The lowest BCUT2D eigenvalue weighted by Gasteiger charge is -2.27. The summed E-state index contributed by atoms with van der Waals surface area (Å²) in [5, 5.41) is 9.26. The molecular formula is C15H19ClN2O3. The number of amides is 1. The Morgan fingerprint density at radius 1 is 1.43 bits per heavy atom. The summed E-state index contributed by atoms with van der Waals surface area (Å²) in [6, 6.07) is 5.09. The fourth-order valence-corrected chi connectivity index (χ4v) is 2.14. The molecule has 3 N–H and O–H groups in total. The van der Waals surface area contributed by atoms with Crippen LogP contribution in [0.3, 0.4) is 0 Å². The monoisotopic (exact) mass is 310 g/mol. The normalized spacial score (nSPS) is 11.0. The van der Waals surface area contributed by atoms with E-state index in [1.165, 1.54) is 6.08 Å². The zero-order valence-corrected chi connectivity index (χ0v) is 12.8. The van der Waals surface area contributed by atoms with E-state index in [0.29, 0.717) is 28.7 Å². The number of benzene rings is 1. The van der Waals surface area contributed by atoms with Crippen LogP contribution < -0.4 is 10.6 Å². The van der Waals surface area contributed by atoms with Crippen LogP contribution in [0.1, 0.15) is 19.4 Å². The Morgan fingerprint density at radius 3 is 2.62 bits per heavy atom. The van der Waals surface area contributed by atoms with Crippen molar-refractivity contribution >= 4 is 35.2 Å². The molecule has 0 atom stereocenters. The molecule has 1 amide bonds. The van der Waals surface area contributed by atoms with Gasteiger partial charge in [0.25, 0.3) is 0 Å². The summed E-state index contributed by atoms with van der Waals surface area (Å²) in [5.74, 6) is -1.19. The first-order valence-corrected chi connectivity index (χ1v) is 6.91. The van der Waals surface area contributed by atoms with E-state index in [9.17, 15) is 9.59 Å². The molecule has 0 aliphatic carbocycles. The first kappa shape index (κ1) is 17.0. The van der Waals surface area contributed by atoms with Crippen molar-refractivity contribution < 1.29 is 14.7 Å². The Morgan fingerprint density at radius 2 is 2.10 bits per heavy atom. The van der Waals surface area contributed by atoms with E-state index in [-0.39, 0.29) is 6.54 Å². The van der Waals surface area contributed by atoms with E-state index in [1.54, 1.807) is 23.1 Å². The van der Waals surface area contributed by atoms with Gasteiger partial charge in [-0.05, 0) is 29.7 Å². The van der Waals surface area contributed by atoms with Crippen molar-refractivity contribution in [3.63, 3.8) is 0 Å². The second kappa shape index (κ2) is 7.69. The molecule has 0 aromatic heterocycles. The average molecular weight is 311 g/mol. The fourth-order valence-electron chi connectivity index (χ4n) is 1.97. The van der Waals surface area contributed by atoms with Gasteiger partial charge >= 0.3 is 5.97 Å². The molecule has 1 aromatic carbocycles. The molecule has 0 radical (unpaired) electrons. The van der Waals surface area contributed by atoms with Crippen LogP contribution in [0, 0.1) is 5.92 Å². The molecule has 21 heavy (non-hydrogen) atoms. The molecule has 0 fully saturated rings. The molecule has 0 aliphatic heterocycles. The quantitative estimate of drug-likeness (QED) is 0.757. The minimum atomic E-state index is -1.04. The summed E-state index contributed by atoms with van der Waals surface area (Å²) in [7, 11) is 0. The molecule has 5 nitrogen and oxygen atoms in total. The molecule has 0 unspecified atom stereocenters. The number of aliphatic carboxylic acids is 1. The number of anilines is 1. The Hall–Kier alpha value is -2.01. The van der Waals surface area contributed by atoms with Crippen LogP contribution in [-0.2, 0) is 9.59 Å². The second-order valence-corrected chi connectivity index (χ2v) is 5.55. The highest BCUT2D eigenvalue weighted by atomic mass is 35.5. The van der Waals surface area contributed by atoms with E-state index in [0.717, 1.165) is 6.08 Å². The summed E-state index contributed by atoms with van der Waals surface area (Å²) >= 11 is 6.01. The maximum Gasteiger partial charge on any atom is 0.328 e. The molecule has 0 aliphatic rings. The van der Waals surface area contributed by atoms with Gasteiger partial charge in [-0.2, -0.15) is 0 Å². The first-order chi connectivity index (χ1) is 9.79. The van der Waals surface area contributed by atoms with Crippen molar-refractivity contribution in [3.05, 3.63) is 34.9 Å². The van der Waals surface area contributed by atoms with Crippen LogP contribution in [0.15, 0.2) is 24.3 Å². The van der Waals surface area contributed by atoms with E-state index < -0.39 is 11.9 Å². The zero-order chi connectivity index (χ0) is 16.0. The molecule has 0 saturated heterocycles. The van der Waals surface area contributed by atoms with Crippen molar-refractivity contribution in [2.24, 2.45) is 11.7 Å². The number of primary amides is 1. The molecule has 1 aromatic rings. The Balaban J connectivity index is 3.23. The Labute approximate surface area is 129 Å². The van der Waals surface area contributed by atoms with Gasteiger partial charge in [-0.1, -0.05) is 31.5 Å². The Kier molecular flexibility index (Phi) is 6.24. The summed E-state index contributed by atoms with van der Waals surface area (Å²) in [6.07, 6.45) is 2.52. The number of halogens is 1. The predicted molar refractivity (Wildman–Crippen MR) is 84.4 cm³/mol. The van der Waals surface area contributed by atoms with Crippen molar-refractivity contribution in [1.29, 1.82) is 0 Å². The largest absolute Gasteiger partial charge is 0.478 e. The maximum atomic E-state index is 11.3. The maximum absolute atomic E-state index is 11.3. The van der Waals surface area contributed by atoms with Gasteiger partial charge < -0.3 is 15.7 Å². The van der Waals surface area contributed by atoms with Gasteiger partial charge in [0.2, 0.25) is 5.91 Å². The standard InChI is InChI=1S/C15H19ClN2O3/c1-10(2)8-18(9-14(17)19)13-7-12(16)5-3-11(13)4-6-15(20)21/h3-7,10H,8-9H2,1-2H3,(H2,17,19)(H,20,21)/b6-4+. The first-order valence-electron chi connectivity index (χ1n) is 6.53. The van der Waals surface area contributed by atoms with Gasteiger partial charge in [0, 0.05) is 23.3 Å². The third-order valence-corrected chi connectivity index (χ3v) is 2.91. The fraction of sp³-hybridized carbons (Fsp3) is 0.333. The summed E-state index contributed by atoms with van der Waals surface area (Å²) < 4.78 is 0. The highest BCUT2D eigenvalue weighted by Gasteiger charge is 2.14.